The number of rotatable bonds is 14. The van der Waals surface area contributed by atoms with Crippen LogP contribution in [0, 0.1) is 17.8 Å². The Balaban J connectivity index is 2.51. The number of Topliss-reactive ketones (excluding diaryl/α,β-unsaturated/α-hetero) is 2. The number of carbonyl (C=O) groups is 3. The van der Waals surface area contributed by atoms with Crippen LogP contribution in [0.4, 0.5) is 0 Å². The van der Waals surface area contributed by atoms with Crippen LogP contribution in [0.2, 0.25) is 0 Å². The third kappa shape index (κ3) is 7.16. The highest BCUT2D eigenvalue weighted by atomic mass is 16.6. The van der Waals surface area contributed by atoms with Crippen LogP contribution in [-0.2, 0) is 20.8 Å². The monoisotopic (exact) mass is 535 g/mol. The number of oxime groups is 1. The minimum Gasteiger partial charge on any atom is -0.507 e. The van der Waals surface area contributed by atoms with Gasteiger partial charge in [0.05, 0.1) is 30.9 Å². The number of benzene rings is 1. The molecule has 6 N–H and O–H groups in total. The summed E-state index contributed by atoms with van der Waals surface area (Å²) in [5.41, 5.74) is 4.72. The van der Waals surface area contributed by atoms with Crippen molar-refractivity contribution in [2.24, 2.45) is 28.6 Å². The van der Waals surface area contributed by atoms with E-state index in [1.807, 2.05) is 13.8 Å². The Morgan fingerprint density at radius 2 is 1.89 bits per heavy atom. The Morgan fingerprint density at radius 1 is 1.24 bits per heavy atom. The van der Waals surface area contributed by atoms with E-state index in [1.165, 1.54) is 6.07 Å². The van der Waals surface area contributed by atoms with Crippen molar-refractivity contribution in [1.82, 2.24) is 4.90 Å². The maximum Gasteiger partial charge on any atom is 0.224 e. The third-order valence-corrected chi connectivity index (χ3v) is 7.11. The highest BCUT2D eigenvalue weighted by Gasteiger charge is 2.49. The number of primary amides is 1. The van der Waals surface area contributed by atoms with E-state index in [0.717, 1.165) is 0 Å². The van der Waals surface area contributed by atoms with Crippen LogP contribution in [0.15, 0.2) is 17.3 Å². The van der Waals surface area contributed by atoms with Gasteiger partial charge in [0.1, 0.15) is 12.4 Å². The molecule has 0 unspecified atom stereocenters. The molecule has 11 heteroatoms. The number of nitrogens with zero attached hydrogens (tertiary/aromatic N) is 2. The predicted octanol–water partition coefficient (Wildman–Crippen LogP) is 0.631. The average Bonchev–Trinajstić information content (AvgIpc) is 2.82. The topological polar surface area (TPSA) is 183 Å². The van der Waals surface area contributed by atoms with Crippen molar-refractivity contribution in [3.05, 3.63) is 28.8 Å². The number of carbonyl (C=O) groups excluding carboxylic acids is 3. The van der Waals surface area contributed by atoms with E-state index >= 15 is 0 Å². The van der Waals surface area contributed by atoms with Gasteiger partial charge in [-0.15, -0.1) is 0 Å². The second kappa shape index (κ2) is 13.3. The van der Waals surface area contributed by atoms with Gasteiger partial charge in [0.25, 0.3) is 0 Å². The van der Waals surface area contributed by atoms with Gasteiger partial charge in [0.15, 0.2) is 17.2 Å². The molecule has 38 heavy (non-hydrogen) atoms. The smallest absolute Gasteiger partial charge is 0.224 e. The summed E-state index contributed by atoms with van der Waals surface area (Å²) in [5, 5.41) is 46.3. The van der Waals surface area contributed by atoms with Crippen molar-refractivity contribution in [3.8, 4) is 5.75 Å². The van der Waals surface area contributed by atoms with E-state index in [2.05, 4.69) is 5.16 Å². The summed E-state index contributed by atoms with van der Waals surface area (Å²) >= 11 is 0. The summed E-state index contributed by atoms with van der Waals surface area (Å²) in [6.45, 7) is 4.68. The summed E-state index contributed by atoms with van der Waals surface area (Å²) in [4.78, 5) is 44.6. The summed E-state index contributed by atoms with van der Waals surface area (Å²) in [5.74, 6) is -3.56. The zero-order chi connectivity index (χ0) is 28.8. The number of amides is 1. The fraction of sp³-hybridized carbons (Fsp3) is 0.630. The molecule has 1 aromatic rings. The summed E-state index contributed by atoms with van der Waals surface area (Å²) in [6, 6.07) is 2.32. The average molecular weight is 536 g/mol. The Morgan fingerprint density at radius 3 is 2.42 bits per heavy atom. The van der Waals surface area contributed by atoms with Gasteiger partial charge >= 0.3 is 0 Å². The van der Waals surface area contributed by atoms with Crippen LogP contribution >= 0.6 is 0 Å². The van der Waals surface area contributed by atoms with Crippen LogP contribution in [0.5, 0.6) is 5.75 Å². The fourth-order valence-electron chi connectivity index (χ4n) is 5.13. The molecule has 2 rings (SSSR count). The Labute approximate surface area is 223 Å². The van der Waals surface area contributed by atoms with Crippen molar-refractivity contribution in [1.29, 1.82) is 0 Å². The van der Waals surface area contributed by atoms with E-state index in [1.54, 1.807) is 32.0 Å². The molecule has 212 valence electrons. The molecule has 0 aromatic heterocycles. The standard InChI is InChI=1S/C27H41N3O8/c1-15(2)13-38-29-16(3)18-6-7-22(33)26-19(18)8-17(10-23(26)34)9-20(21(12-31)30(4)5)27(37,14-32)24(35)11-25(28)36/h6-7,15,17,20-21,31-33,37H,8-14H2,1-5H3,(H2,28,36)/b29-16-/t17-,20-,21+,27+/m0/s1. The van der Waals surface area contributed by atoms with Gasteiger partial charge in [-0.05, 0) is 63.4 Å². The van der Waals surface area contributed by atoms with Gasteiger partial charge in [0, 0.05) is 23.9 Å². The number of aliphatic hydroxyl groups is 3. The maximum absolute atomic E-state index is 13.2. The predicted molar refractivity (Wildman–Crippen MR) is 141 cm³/mol. The quantitative estimate of drug-likeness (QED) is 0.130. The molecule has 0 aliphatic heterocycles. The Kier molecular flexibility index (Phi) is 11.0. The third-order valence-electron chi connectivity index (χ3n) is 7.11. The van der Waals surface area contributed by atoms with Gasteiger partial charge < -0.3 is 35.9 Å². The lowest BCUT2D eigenvalue weighted by Crippen LogP contribution is -2.58. The van der Waals surface area contributed by atoms with Crippen LogP contribution in [0.1, 0.15) is 61.5 Å². The molecule has 0 bridgehead atoms. The number of hydrogen-bond acceptors (Lipinski definition) is 10. The fourth-order valence-corrected chi connectivity index (χ4v) is 5.13. The highest BCUT2D eigenvalue weighted by Crippen LogP contribution is 2.40. The molecule has 1 amide bonds. The zero-order valence-corrected chi connectivity index (χ0v) is 22.8. The number of ketones is 2. The van der Waals surface area contributed by atoms with E-state index in [0.29, 0.717) is 29.9 Å². The molecule has 1 aliphatic rings. The minimum absolute atomic E-state index is 0.0116. The van der Waals surface area contributed by atoms with Gasteiger partial charge in [-0.25, -0.2) is 0 Å². The van der Waals surface area contributed by atoms with Crippen LogP contribution in [0.3, 0.4) is 0 Å². The van der Waals surface area contributed by atoms with Crippen molar-refractivity contribution in [3.63, 3.8) is 0 Å². The summed E-state index contributed by atoms with van der Waals surface area (Å²) < 4.78 is 0. The number of likely N-dealkylation sites (N-methyl/N-ethyl adjacent to an activating group) is 1. The van der Waals surface area contributed by atoms with Gasteiger partial charge in [-0.1, -0.05) is 19.0 Å². The SMILES string of the molecule is C/C(=N/OCC(C)C)c1ccc(O)c2c1C[C@@H](C[C@@H]([C@@H](CO)N(C)C)[C@](O)(CO)C(=O)CC(N)=O)CC2=O. The molecule has 0 spiro atoms. The second-order valence-corrected chi connectivity index (χ2v) is 10.8. The molecule has 1 aromatic carbocycles. The first kappa shape index (κ1) is 31.4. The molecule has 11 nitrogen and oxygen atoms in total. The van der Waals surface area contributed by atoms with Crippen molar-refractivity contribution in [2.75, 3.05) is 33.9 Å². The first-order chi connectivity index (χ1) is 17.8. The molecule has 0 saturated heterocycles. The molecule has 1 aliphatic carbocycles. The zero-order valence-electron chi connectivity index (χ0n) is 22.8. The van der Waals surface area contributed by atoms with Gasteiger partial charge in [-0.3, -0.25) is 14.4 Å². The molecule has 0 heterocycles. The molecular weight excluding hydrogens is 494 g/mol. The lowest BCUT2D eigenvalue weighted by atomic mass is 9.69. The number of nitrogens with two attached hydrogens (primary N) is 1. The van der Waals surface area contributed by atoms with Crippen molar-refractivity contribution in [2.45, 2.75) is 58.1 Å². The second-order valence-electron chi connectivity index (χ2n) is 10.8. The van der Waals surface area contributed by atoms with E-state index in [9.17, 15) is 34.8 Å². The molecule has 0 saturated carbocycles. The van der Waals surface area contributed by atoms with Crippen molar-refractivity contribution >= 4 is 23.2 Å². The largest absolute Gasteiger partial charge is 0.507 e. The van der Waals surface area contributed by atoms with Gasteiger partial charge in [0.2, 0.25) is 5.91 Å². The first-order valence-corrected chi connectivity index (χ1v) is 12.7. The summed E-state index contributed by atoms with van der Waals surface area (Å²) in [7, 11) is 3.30. The molecular formula is C27H41N3O8. The molecule has 0 radical (unpaired) electrons. The first-order valence-electron chi connectivity index (χ1n) is 12.7. The lowest BCUT2D eigenvalue weighted by Gasteiger charge is -2.42. The van der Waals surface area contributed by atoms with Crippen LogP contribution in [0.25, 0.3) is 0 Å². The molecule has 0 fully saturated rings. The number of phenols is 1. The number of hydrogen-bond donors (Lipinski definition) is 5. The van der Waals surface area contributed by atoms with E-state index < -0.39 is 54.8 Å². The number of aliphatic hydroxyl groups excluding tert-OH is 2. The lowest BCUT2D eigenvalue weighted by molar-refractivity contribution is -0.157. The molecule has 4 atom stereocenters. The van der Waals surface area contributed by atoms with Crippen LogP contribution < -0.4 is 5.73 Å². The number of phenolic OH excluding ortho intramolecular Hbond substituents is 1. The van der Waals surface area contributed by atoms with Crippen LogP contribution in [-0.4, -0.2) is 94.1 Å². The van der Waals surface area contributed by atoms with E-state index in [4.69, 9.17) is 10.6 Å². The Bertz CT molecular complexity index is 1060. The number of fused-ring (bicyclic) bond motifs is 1. The van der Waals surface area contributed by atoms with Crippen molar-refractivity contribution < 1.29 is 39.6 Å². The highest BCUT2D eigenvalue weighted by molar-refractivity contribution is 6.07. The van der Waals surface area contributed by atoms with E-state index in [-0.39, 0.29) is 35.9 Å². The Hall–Kier alpha value is -2.86. The normalized spacial score (nSPS) is 19.2. The summed E-state index contributed by atoms with van der Waals surface area (Å²) in [6.07, 6.45) is -0.409. The maximum atomic E-state index is 13.2. The minimum atomic E-state index is -2.38. The number of aromatic hydroxyl groups is 1. The van der Waals surface area contributed by atoms with Gasteiger partial charge in [-0.2, -0.15) is 0 Å².